The fourth-order valence-corrected chi connectivity index (χ4v) is 7.79. The molecule has 2 aliphatic heterocycles. The minimum absolute atomic E-state index is 0.0184. The molecule has 8 unspecified atom stereocenters. The molecule has 1 saturated carbocycles. The molecule has 8 atom stereocenters. The van der Waals surface area contributed by atoms with Crippen LogP contribution in [0.15, 0.2) is 53.9 Å². The second kappa shape index (κ2) is 6.63. The van der Waals surface area contributed by atoms with Gasteiger partial charge in [-0.2, -0.15) is 0 Å². The smallest absolute Gasteiger partial charge is 0.105 e. The first-order valence-electron chi connectivity index (χ1n) is 12.0. The van der Waals surface area contributed by atoms with Crippen LogP contribution in [0.5, 0.6) is 0 Å². The summed E-state index contributed by atoms with van der Waals surface area (Å²) in [5.74, 6) is 0.691. The van der Waals surface area contributed by atoms with E-state index in [0.717, 1.165) is 31.3 Å². The highest BCUT2D eigenvalue weighted by molar-refractivity contribution is 5.74. The molecule has 1 aromatic rings. The molecule has 0 aromatic carbocycles. The monoisotopic (exact) mass is 434 g/mol. The average molecular weight is 435 g/mol. The van der Waals surface area contributed by atoms with Gasteiger partial charge in [0.25, 0.3) is 0 Å². The number of pyridine rings is 1. The summed E-state index contributed by atoms with van der Waals surface area (Å²) in [4.78, 5) is 6.26. The molecular weight excluding hydrogens is 400 g/mol. The summed E-state index contributed by atoms with van der Waals surface area (Å²) in [6.07, 6.45) is 12.7. The lowest BCUT2D eigenvalue weighted by molar-refractivity contribution is -0.165. The molecule has 2 N–H and O–H groups in total. The van der Waals surface area contributed by atoms with Crippen LogP contribution in [-0.4, -0.2) is 63.6 Å². The summed E-state index contributed by atoms with van der Waals surface area (Å²) >= 11 is 0. The first kappa shape index (κ1) is 20.8. The molecule has 2 fully saturated rings. The molecular formula is C27H34N2O3. The molecule has 5 nitrogen and oxygen atoms in total. The number of ether oxygens (including phenoxy) is 1. The molecule has 0 amide bonds. The lowest BCUT2D eigenvalue weighted by Crippen LogP contribution is -2.62. The predicted molar refractivity (Wildman–Crippen MR) is 124 cm³/mol. The van der Waals surface area contributed by atoms with Crippen LogP contribution in [0.3, 0.4) is 0 Å². The van der Waals surface area contributed by atoms with Crippen LogP contribution < -0.4 is 0 Å². The molecule has 3 aliphatic carbocycles. The Morgan fingerprint density at radius 1 is 1.16 bits per heavy atom. The SMILES string of the molecule is CC1C=C2C=C3C(O)C(O)C(N(C)C)CC34CCC2(O4)C2CC=C(c3ccncc3)C12C. The van der Waals surface area contributed by atoms with Crippen molar-refractivity contribution in [1.82, 2.24) is 9.88 Å². The topological polar surface area (TPSA) is 65.8 Å². The minimum Gasteiger partial charge on any atom is -0.388 e. The van der Waals surface area contributed by atoms with Crippen molar-refractivity contribution in [2.24, 2.45) is 17.3 Å². The average Bonchev–Trinajstić information content (AvgIpc) is 3.30. The van der Waals surface area contributed by atoms with Crippen molar-refractivity contribution in [2.45, 2.75) is 69.0 Å². The van der Waals surface area contributed by atoms with Gasteiger partial charge >= 0.3 is 0 Å². The third kappa shape index (κ3) is 2.40. The first-order chi connectivity index (χ1) is 15.2. The van der Waals surface area contributed by atoms with Crippen molar-refractivity contribution in [3.63, 3.8) is 0 Å². The zero-order valence-electron chi connectivity index (χ0n) is 19.5. The van der Waals surface area contributed by atoms with Gasteiger partial charge in [-0.3, -0.25) is 4.98 Å². The van der Waals surface area contributed by atoms with Crippen molar-refractivity contribution in [3.8, 4) is 0 Å². The summed E-state index contributed by atoms with van der Waals surface area (Å²) in [7, 11) is 3.96. The van der Waals surface area contributed by atoms with Gasteiger partial charge in [0.15, 0.2) is 0 Å². The van der Waals surface area contributed by atoms with Crippen LogP contribution in [0.25, 0.3) is 5.57 Å². The number of hydrogen-bond donors (Lipinski definition) is 2. The summed E-state index contributed by atoms with van der Waals surface area (Å²) < 4.78 is 7.21. The van der Waals surface area contributed by atoms with Gasteiger partial charge in [-0.05, 0) is 80.1 Å². The van der Waals surface area contributed by atoms with Gasteiger partial charge < -0.3 is 19.8 Å². The summed E-state index contributed by atoms with van der Waals surface area (Å²) in [5, 5.41) is 22.0. The summed E-state index contributed by atoms with van der Waals surface area (Å²) in [6.45, 7) is 4.73. The number of likely N-dealkylation sites (N-methyl/N-ethyl adjacent to an activating group) is 1. The van der Waals surface area contributed by atoms with Crippen LogP contribution in [0.2, 0.25) is 0 Å². The van der Waals surface area contributed by atoms with Crippen LogP contribution in [0, 0.1) is 17.3 Å². The van der Waals surface area contributed by atoms with Crippen LogP contribution in [0.1, 0.15) is 45.1 Å². The summed E-state index contributed by atoms with van der Waals surface area (Å²) in [6, 6.07) is 4.13. The Bertz CT molecular complexity index is 1050. The van der Waals surface area contributed by atoms with Crippen molar-refractivity contribution in [2.75, 3.05) is 14.1 Å². The molecule has 0 radical (unpaired) electrons. The number of aliphatic hydroxyl groups is 2. The van der Waals surface area contributed by atoms with E-state index in [1.807, 2.05) is 31.4 Å². The van der Waals surface area contributed by atoms with E-state index in [0.29, 0.717) is 11.8 Å². The van der Waals surface area contributed by atoms with E-state index in [-0.39, 0.29) is 17.1 Å². The number of aliphatic hydroxyl groups excluding tert-OH is 2. The number of allylic oxidation sites excluding steroid dienone is 3. The largest absolute Gasteiger partial charge is 0.388 e. The van der Waals surface area contributed by atoms with E-state index in [4.69, 9.17) is 4.74 Å². The number of aromatic nitrogens is 1. The zero-order valence-corrected chi connectivity index (χ0v) is 19.5. The third-order valence-electron chi connectivity index (χ3n) is 9.63. The highest BCUT2D eigenvalue weighted by Gasteiger charge is 2.68. The molecule has 2 bridgehead atoms. The van der Waals surface area contributed by atoms with E-state index in [1.54, 1.807) is 0 Å². The molecule has 32 heavy (non-hydrogen) atoms. The van der Waals surface area contributed by atoms with Gasteiger partial charge in [-0.15, -0.1) is 0 Å². The molecule has 3 heterocycles. The van der Waals surface area contributed by atoms with Gasteiger partial charge in [0.2, 0.25) is 0 Å². The lowest BCUT2D eigenvalue weighted by atomic mass is 9.54. The van der Waals surface area contributed by atoms with E-state index in [2.05, 4.69) is 49.2 Å². The second-order valence-electron chi connectivity index (χ2n) is 11.1. The fourth-order valence-electron chi connectivity index (χ4n) is 7.79. The Labute approximate surface area is 190 Å². The Morgan fingerprint density at radius 3 is 2.62 bits per heavy atom. The van der Waals surface area contributed by atoms with E-state index < -0.39 is 17.8 Å². The standard InChI is InChI=1S/C27H34N2O3/c1-16-13-18-14-20-23(30)24(31)21(29(3)4)15-26(20)9-10-27(18,32-26)22-6-5-19(25(16,22)2)17-7-11-28-12-8-17/h5,7-8,11-14,16,21-24,30-31H,6,9-10,15H2,1-4H3. The van der Waals surface area contributed by atoms with Crippen molar-refractivity contribution in [3.05, 3.63) is 59.5 Å². The highest BCUT2D eigenvalue weighted by atomic mass is 16.5. The third-order valence-corrected chi connectivity index (χ3v) is 9.63. The maximum Gasteiger partial charge on any atom is 0.105 e. The lowest BCUT2D eigenvalue weighted by Gasteiger charge is -2.57. The fraction of sp³-hybridized carbons (Fsp3) is 0.593. The molecule has 5 heteroatoms. The first-order valence-corrected chi connectivity index (χ1v) is 12.0. The second-order valence-corrected chi connectivity index (χ2v) is 11.1. The van der Waals surface area contributed by atoms with Gasteiger partial charge in [0.1, 0.15) is 6.10 Å². The van der Waals surface area contributed by atoms with E-state index >= 15 is 0 Å². The molecule has 170 valence electrons. The van der Waals surface area contributed by atoms with Gasteiger partial charge in [-0.1, -0.05) is 32.1 Å². The number of hydrogen-bond acceptors (Lipinski definition) is 5. The van der Waals surface area contributed by atoms with E-state index in [9.17, 15) is 10.2 Å². The highest BCUT2D eigenvalue weighted by Crippen LogP contribution is 2.68. The Morgan fingerprint density at radius 2 is 1.91 bits per heavy atom. The zero-order chi connectivity index (χ0) is 22.5. The van der Waals surface area contributed by atoms with E-state index in [1.165, 1.54) is 16.7 Å². The summed E-state index contributed by atoms with van der Waals surface area (Å²) in [5.41, 5.74) is 3.95. The van der Waals surface area contributed by atoms with Crippen molar-refractivity contribution in [1.29, 1.82) is 0 Å². The molecule has 1 saturated heterocycles. The maximum atomic E-state index is 11.1. The quantitative estimate of drug-likeness (QED) is 0.747. The number of nitrogens with zero attached hydrogens (tertiary/aromatic N) is 2. The minimum atomic E-state index is -0.883. The van der Waals surface area contributed by atoms with Crippen LogP contribution in [0.4, 0.5) is 0 Å². The van der Waals surface area contributed by atoms with Gasteiger partial charge in [0.05, 0.1) is 17.3 Å². The Hall–Kier alpha value is -1.79. The van der Waals surface area contributed by atoms with Gasteiger partial charge in [-0.25, -0.2) is 0 Å². The van der Waals surface area contributed by atoms with Crippen molar-refractivity contribution < 1.29 is 14.9 Å². The molecule has 1 aromatic heterocycles. The normalized spacial score (nSPS) is 46.7. The number of fused-ring (bicyclic) bond motifs is 1. The molecule has 6 rings (SSSR count). The van der Waals surface area contributed by atoms with Crippen molar-refractivity contribution >= 4 is 5.57 Å². The molecule has 2 spiro atoms. The van der Waals surface area contributed by atoms with Gasteiger partial charge in [0, 0.05) is 29.8 Å². The Kier molecular flexibility index (Phi) is 4.31. The predicted octanol–water partition coefficient (Wildman–Crippen LogP) is 3.35. The maximum absolute atomic E-state index is 11.1. The number of rotatable bonds is 2. The molecule has 5 aliphatic rings. The van der Waals surface area contributed by atoms with Crippen LogP contribution >= 0.6 is 0 Å². The Balaban J connectivity index is 1.47. The van der Waals surface area contributed by atoms with Crippen LogP contribution in [-0.2, 0) is 4.74 Å².